The number of nitrogen functional groups attached to an aromatic ring is 1. The first-order valence-corrected chi connectivity index (χ1v) is 11.7. The van der Waals surface area contributed by atoms with Crippen molar-refractivity contribution >= 4 is 73.6 Å². The molecule has 1 aliphatic rings. The second-order valence-corrected chi connectivity index (χ2v) is 10.3. The molecule has 0 atom stereocenters. The lowest BCUT2D eigenvalue weighted by Crippen LogP contribution is -2.38. The Morgan fingerprint density at radius 2 is 1.81 bits per heavy atom. The van der Waals surface area contributed by atoms with Crippen molar-refractivity contribution in [3.05, 3.63) is 38.5 Å². The zero-order chi connectivity index (χ0) is 18.9. The first kappa shape index (κ1) is 19.8. The molecule has 1 aromatic heterocycles. The van der Waals surface area contributed by atoms with Crippen LogP contribution in [0.15, 0.2) is 28.5 Å². The minimum Gasteiger partial charge on any atom is -0.396 e. The molecule has 2 aromatic rings. The molecule has 0 unspecified atom stereocenters. The van der Waals surface area contributed by atoms with E-state index in [0.29, 0.717) is 18.8 Å². The largest absolute Gasteiger partial charge is 0.396 e. The lowest BCUT2D eigenvalue weighted by atomic mass is 10.2. The predicted molar refractivity (Wildman–Crippen MR) is 109 cm³/mol. The number of thioether (sulfide) groups is 1. The van der Waals surface area contributed by atoms with Crippen molar-refractivity contribution in [1.29, 1.82) is 0 Å². The van der Waals surface area contributed by atoms with Gasteiger partial charge in [0.15, 0.2) is 0 Å². The zero-order valence-electron chi connectivity index (χ0n) is 13.4. The summed E-state index contributed by atoms with van der Waals surface area (Å²) in [5.74, 6) is 0.947. The fourth-order valence-corrected chi connectivity index (χ4v) is 6.80. The lowest BCUT2D eigenvalue weighted by Gasteiger charge is -2.25. The number of carbonyl (C=O) groups is 1. The molecule has 0 aliphatic carbocycles. The maximum Gasteiger partial charge on any atom is 0.267 e. The number of hydrogen-bond acceptors (Lipinski definition) is 6. The fraction of sp³-hybridized carbons (Fsp3) is 0.267. The molecule has 3 N–H and O–H groups in total. The van der Waals surface area contributed by atoms with Crippen LogP contribution in [0.5, 0.6) is 0 Å². The molecule has 2 heterocycles. The van der Waals surface area contributed by atoms with Crippen LogP contribution in [0.1, 0.15) is 9.67 Å². The maximum absolute atomic E-state index is 12.9. The van der Waals surface area contributed by atoms with Gasteiger partial charge in [-0.15, -0.1) is 11.3 Å². The minimum atomic E-state index is -3.71. The third kappa shape index (κ3) is 3.97. The Kier molecular flexibility index (Phi) is 6.05. The van der Waals surface area contributed by atoms with Gasteiger partial charge in [-0.25, -0.2) is 8.42 Å². The van der Waals surface area contributed by atoms with Gasteiger partial charge >= 0.3 is 0 Å². The molecule has 1 saturated heterocycles. The number of nitrogens with one attached hydrogen (secondary N) is 1. The van der Waals surface area contributed by atoms with Crippen molar-refractivity contribution in [3.63, 3.8) is 0 Å². The van der Waals surface area contributed by atoms with Gasteiger partial charge in [-0.2, -0.15) is 16.1 Å². The average Bonchev–Trinajstić information content (AvgIpc) is 3.11. The highest BCUT2D eigenvalue weighted by Crippen LogP contribution is 2.32. The summed E-state index contributed by atoms with van der Waals surface area (Å²) >= 11 is 14.7. The molecule has 11 heteroatoms. The van der Waals surface area contributed by atoms with Gasteiger partial charge in [0.2, 0.25) is 10.0 Å². The first-order chi connectivity index (χ1) is 12.3. The van der Waals surface area contributed by atoms with E-state index in [0.717, 1.165) is 22.8 Å². The third-order valence-electron chi connectivity index (χ3n) is 3.76. The topological polar surface area (TPSA) is 92.5 Å². The Hall–Kier alpha value is -0.970. The Morgan fingerprint density at radius 3 is 2.42 bits per heavy atom. The van der Waals surface area contributed by atoms with Crippen molar-refractivity contribution in [1.82, 2.24) is 4.31 Å². The average molecular weight is 452 g/mol. The van der Waals surface area contributed by atoms with Crippen molar-refractivity contribution < 1.29 is 13.2 Å². The van der Waals surface area contributed by atoms with Crippen LogP contribution in [-0.4, -0.2) is 43.2 Å². The van der Waals surface area contributed by atoms with E-state index < -0.39 is 15.9 Å². The Labute approximate surface area is 169 Å². The van der Waals surface area contributed by atoms with Crippen molar-refractivity contribution in [2.75, 3.05) is 35.6 Å². The zero-order valence-corrected chi connectivity index (χ0v) is 17.3. The van der Waals surface area contributed by atoms with Gasteiger partial charge in [-0.1, -0.05) is 23.2 Å². The molecule has 0 spiro atoms. The number of rotatable bonds is 4. The summed E-state index contributed by atoms with van der Waals surface area (Å²) in [4.78, 5) is 12.8. The van der Waals surface area contributed by atoms with E-state index >= 15 is 0 Å². The lowest BCUT2D eigenvalue weighted by molar-refractivity contribution is 0.102. The molecular formula is C15H15Cl2N3O3S3. The predicted octanol–water partition coefficient (Wildman–Crippen LogP) is 3.63. The van der Waals surface area contributed by atoms with E-state index in [1.807, 2.05) is 0 Å². The van der Waals surface area contributed by atoms with Crippen LogP contribution < -0.4 is 11.1 Å². The van der Waals surface area contributed by atoms with Crippen LogP contribution in [0.3, 0.4) is 0 Å². The number of benzene rings is 1. The molecule has 0 saturated carbocycles. The van der Waals surface area contributed by atoms with Crippen LogP contribution in [0.25, 0.3) is 0 Å². The molecule has 6 nitrogen and oxygen atoms in total. The summed E-state index contributed by atoms with van der Waals surface area (Å²) in [5, 5.41) is 4.63. The van der Waals surface area contributed by atoms with Gasteiger partial charge in [-0.05, 0) is 23.6 Å². The summed E-state index contributed by atoms with van der Waals surface area (Å²) in [5.41, 5.74) is 6.23. The molecule has 140 valence electrons. The van der Waals surface area contributed by atoms with E-state index in [1.165, 1.54) is 22.5 Å². The van der Waals surface area contributed by atoms with Crippen LogP contribution in [-0.2, 0) is 10.0 Å². The van der Waals surface area contributed by atoms with Crippen LogP contribution in [0, 0.1) is 0 Å². The molecule has 1 aliphatic heterocycles. The summed E-state index contributed by atoms with van der Waals surface area (Å²) < 4.78 is 27.1. The molecule has 3 rings (SSSR count). The molecule has 0 bridgehead atoms. The number of halogens is 2. The van der Waals surface area contributed by atoms with E-state index in [4.69, 9.17) is 28.9 Å². The Balaban J connectivity index is 1.87. The standard InChI is InChI=1S/C15H15Cl2N3O3S3/c16-10-7-9(8-11(17)13(10)18)19-15(21)14-12(1-4-25-14)26(22,23)20-2-5-24-6-3-20/h1,4,7-8H,2-3,5-6,18H2,(H,19,21). The molecule has 1 fully saturated rings. The van der Waals surface area contributed by atoms with Crippen LogP contribution in [0.2, 0.25) is 10.0 Å². The number of hydrogen-bond donors (Lipinski definition) is 2. The van der Waals surface area contributed by atoms with E-state index in [2.05, 4.69) is 5.32 Å². The number of amides is 1. The Morgan fingerprint density at radius 1 is 1.19 bits per heavy atom. The number of nitrogens with zero attached hydrogens (tertiary/aromatic N) is 1. The highest BCUT2D eigenvalue weighted by Gasteiger charge is 2.31. The highest BCUT2D eigenvalue weighted by atomic mass is 35.5. The number of anilines is 2. The summed E-state index contributed by atoms with van der Waals surface area (Å²) in [6.45, 7) is 0.875. The molecular weight excluding hydrogens is 437 g/mol. The smallest absolute Gasteiger partial charge is 0.267 e. The summed E-state index contributed by atoms with van der Waals surface area (Å²) in [7, 11) is -3.71. The highest BCUT2D eigenvalue weighted by molar-refractivity contribution is 7.99. The number of thiophene rings is 1. The van der Waals surface area contributed by atoms with Gasteiger partial charge in [0.1, 0.15) is 9.77 Å². The van der Waals surface area contributed by atoms with Crippen molar-refractivity contribution in [2.45, 2.75) is 4.90 Å². The minimum absolute atomic E-state index is 0.0135. The van der Waals surface area contributed by atoms with Gasteiger partial charge in [-0.3, -0.25) is 4.79 Å². The number of nitrogens with two attached hydrogens (primary N) is 1. The van der Waals surface area contributed by atoms with Gasteiger partial charge < -0.3 is 11.1 Å². The number of carbonyl (C=O) groups excluding carboxylic acids is 1. The normalized spacial score (nSPS) is 15.8. The third-order valence-corrected chi connectivity index (χ3v) is 8.31. The van der Waals surface area contributed by atoms with E-state index in [1.54, 1.807) is 17.1 Å². The van der Waals surface area contributed by atoms with E-state index in [9.17, 15) is 13.2 Å². The summed E-state index contributed by atoms with van der Waals surface area (Å²) in [6.07, 6.45) is 0. The van der Waals surface area contributed by atoms with Gasteiger partial charge in [0.25, 0.3) is 5.91 Å². The molecule has 26 heavy (non-hydrogen) atoms. The quantitative estimate of drug-likeness (QED) is 0.692. The molecule has 1 amide bonds. The maximum atomic E-state index is 12.9. The van der Waals surface area contributed by atoms with E-state index in [-0.39, 0.29) is 25.5 Å². The second-order valence-electron chi connectivity index (χ2n) is 5.44. The molecule has 1 aromatic carbocycles. The second kappa shape index (κ2) is 7.95. The SMILES string of the molecule is Nc1c(Cl)cc(NC(=O)c2sccc2S(=O)(=O)N2CCSCC2)cc1Cl. The first-order valence-electron chi connectivity index (χ1n) is 7.52. The van der Waals surface area contributed by atoms with Crippen molar-refractivity contribution in [3.8, 4) is 0 Å². The Bertz CT molecular complexity index is 918. The van der Waals surface area contributed by atoms with Gasteiger partial charge in [0, 0.05) is 30.3 Å². The van der Waals surface area contributed by atoms with Crippen LogP contribution >= 0.6 is 46.3 Å². The van der Waals surface area contributed by atoms with Crippen LogP contribution in [0.4, 0.5) is 11.4 Å². The van der Waals surface area contributed by atoms with Crippen molar-refractivity contribution in [2.24, 2.45) is 0 Å². The van der Waals surface area contributed by atoms with Gasteiger partial charge in [0.05, 0.1) is 15.7 Å². The molecule has 0 radical (unpaired) electrons. The monoisotopic (exact) mass is 451 g/mol. The fourth-order valence-electron chi connectivity index (χ4n) is 2.44. The summed E-state index contributed by atoms with van der Waals surface area (Å²) in [6, 6.07) is 4.38. The number of sulfonamides is 1.